The summed E-state index contributed by atoms with van der Waals surface area (Å²) in [4.78, 5) is 9.45. The lowest BCUT2D eigenvalue weighted by Crippen LogP contribution is -2.52. The maximum absolute atomic E-state index is 6.45. The first-order valence-corrected chi connectivity index (χ1v) is 23.1. The van der Waals surface area contributed by atoms with E-state index in [0.29, 0.717) is 31.5 Å². The Morgan fingerprint density at radius 1 is 1.03 bits per heavy atom. The molecule has 2 aromatic heterocycles. The van der Waals surface area contributed by atoms with E-state index in [1.165, 1.54) is 0 Å². The van der Waals surface area contributed by atoms with Crippen LogP contribution in [0.4, 0.5) is 5.82 Å². The molecule has 2 saturated heterocycles. The number of anilines is 1. The zero-order chi connectivity index (χ0) is 26.8. The van der Waals surface area contributed by atoms with Crippen LogP contribution in [-0.2, 0) is 9.47 Å². The van der Waals surface area contributed by atoms with Gasteiger partial charge in [-0.05, 0) is 47.5 Å². The van der Waals surface area contributed by atoms with Crippen LogP contribution in [0, 0.1) is 3.57 Å². The predicted molar refractivity (Wildman–Crippen MR) is 171 cm³/mol. The Balaban J connectivity index is 1.59. The van der Waals surface area contributed by atoms with Crippen molar-refractivity contribution in [1.82, 2.24) is 19.4 Å². The molecule has 2 atom stereocenters. The molecule has 2 fully saturated rings. The van der Waals surface area contributed by atoms with Crippen molar-refractivity contribution in [2.24, 2.45) is 0 Å². The van der Waals surface area contributed by atoms with Crippen molar-refractivity contribution in [3.05, 3.63) is 21.5 Å². The highest BCUT2D eigenvalue weighted by Gasteiger charge is 2.37. The number of hydrogen-bond donors (Lipinski definition) is 0. The molecule has 7 nitrogen and oxygen atoms in total. The Morgan fingerprint density at radius 2 is 1.59 bits per heavy atom. The van der Waals surface area contributed by atoms with Crippen LogP contribution >= 0.6 is 34.4 Å². The van der Waals surface area contributed by atoms with Gasteiger partial charge in [-0.15, -0.1) is 0 Å². The fourth-order valence-corrected chi connectivity index (χ4v) is 8.12. The molecule has 2 aliphatic rings. The zero-order valence-corrected chi connectivity index (χ0v) is 28.3. The highest BCUT2D eigenvalue weighted by molar-refractivity contribution is 14.1. The summed E-state index contributed by atoms with van der Waals surface area (Å²) < 4.78 is 15.5. The molecule has 2 unspecified atom stereocenters. The van der Waals surface area contributed by atoms with E-state index >= 15 is 0 Å². The van der Waals surface area contributed by atoms with Gasteiger partial charge in [0.25, 0.3) is 0 Å². The third kappa shape index (κ3) is 8.20. The smallest absolute Gasteiger partial charge is 0.183 e. The highest BCUT2D eigenvalue weighted by atomic mass is 127. The fraction of sp³-hybridized carbons (Fsp3) is 0.760. The standard InChI is InChI=1S/C25H43BIN5O2SSi2/c1-36(2,3)9-7-33-17-30(18-34-8-10-37(4,5)6)24-13-23(29-25-22(27)14-28-32(24)25)19-11-20-15-35-16-21(12-19)31(20)26/h13-14,19-21H,7-12,15-18H2,1-6H3. The van der Waals surface area contributed by atoms with Crippen LogP contribution in [0.15, 0.2) is 12.3 Å². The second kappa shape index (κ2) is 12.6. The van der Waals surface area contributed by atoms with Crippen LogP contribution in [-0.4, -0.2) is 93.8 Å². The second-order valence-electron chi connectivity index (χ2n) is 13.0. The molecule has 4 heterocycles. The summed E-state index contributed by atoms with van der Waals surface area (Å²) >= 11 is 4.38. The van der Waals surface area contributed by atoms with E-state index in [-0.39, 0.29) is 0 Å². The van der Waals surface area contributed by atoms with Crippen molar-refractivity contribution in [1.29, 1.82) is 0 Å². The van der Waals surface area contributed by atoms with E-state index < -0.39 is 16.1 Å². The molecule has 0 spiro atoms. The number of fused-ring (bicyclic) bond motifs is 3. The third-order valence-corrected chi connectivity index (χ3v) is 12.6. The lowest BCUT2D eigenvalue weighted by Gasteiger charge is -2.47. The van der Waals surface area contributed by atoms with Gasteiger partial charge >= 0.3 is 0 Å². The molecular weight excluding hydrogens is 628 g/mol. The van der Waals surface area contributed by atoms with Gasteiger partial charge < -0.3 is 19.2 Å². The summed E-state index contributed by atoms with van der Waals surface area (Å²) in [5, 5.41) is 4.71. The second-order valence-corrected chi connectivity index (χ2v) is 26.4. The number of ether oxygens (including phenoxy) is 2. The molecule has 2 bridgehead atoms. The molecule has 0 aliphatic carbocycles. The van der Waals surface area contributed by atoms with Crippen LogP contribution in [0.2, 0.25) is 51.4 Å². The summed E-state index contributed by atoms with van der Waals surface area (Å²) in [5.74, 6) is 3.60. The van der Waals surface area contributed by atoms with E-state index in [4.69, 9.17) is 27.5 Å². The Kier molecular flexibility index (Phi) is 10.2. The van der Waals surface area contributed by atoms with Crippen molar-refractivity contribution >= 4 is 69.9 Å². The molecule has 2 aromatic rings. The number of thioether (sulfide) groups is 1. The molecule has 2 aliphatic heterocycles. The van der Waals surface area contributed by atoms with Crippen LogP contribution in [0.25, 0.3) is 5.65 Å². The zero-order valence-electron chi connectivity index (χ0n) is 23.4. The van der Waals surface area contributed by atoms with Gasteiger partial charge in [0.2, 0.25) is 0 Å². The average molecular weight is 672 g/mol. The molecule has 2 radical (unpaired) electrons. The van der Waals surface area contributed by atoms with Gasteiger partial charge in [-0.1, -0.05) is 39.3 Å². The quantitative estimate of drug-likeness (QED) is 0.128. The molecule has 204 valence electrons. The number of aromatic nitrogens is 3. The van der Waals surface area contributed by atoms with Gasteiger partial charge in [-0.2, -0.15) is 21.4 Å². The molecule has 0 N–H and O–H groups in total. The van der Waals surface area contributed by atoms with Crippen LogP contribution < -0.4 is 4.90 Å². The van der Waals surface area contributed by atoms with E-state index in [1.807, 2.05) is 22.5 Å². The first-order chi connectivity index (χ1) is 17.4. The SMILES string of the molecule is [B]N1C2CSCC1CC(c1cc(N(COCC[Si](C)(C)C)COCC[Si](C)(C)C)n3ncc(I)c3n1)C2. The molecule has 0 aromatic carbocycles. The first kappa shape index (κ1) is 29.9. The molecule has 0 amide bonds. The summed E-state index contributed by atoms with van der Waals surface area (Å²) in [6.45, 7) is 16.8. The van der Waals surface area contributed by atoms with E-state index in [1.54, 1.807) is 0 Å². The Morgan fingerprint density at radius 3 is 2.14 bits per heavy atom. The highest BCUT2D eigenvalue weighted by Crippen LogP contribution is 2.40. The molecular formula is C25H43BIN5O2SSi2. The maximum Gasteiger partial charge on any atom is 0.183 e. The van der Waals surface area contributed by atoms with Crippen molar-refractivity contribution in [3.63, 3.8) is 0 Å². The summed E-state index contributed by atoms with van der Waals surface area (Å²) in [5.41, 5.74) is 2.06. The summed E-state index contributed by atoms with van der Waals surface area (Å²) in [6.07, 6.45) is 4.00. The van der Waals surface area contributed by atoms with Crippen molar-refractivity contribution < 1.29 is 9.47 Å². The largest absolute Gasteiger partial charge is 0.361 e. The number of nitrogens with zero attached hydrogens (tertiary/aromatic N) is 5. The number of hydrogen-bond acceptors (Lipinski definition) is 7. The molecule has 0 saturated carbocycles. The minimum absolute atomic E-state index is 0.396. The van der Waals surface area contributed by atoms with E-state index in [0.717, 1.165) is 70.4 Å². The van der Waals surface area contributed by atoms with Crippen LogP contribution in [0.1, 0.15) is 24.5 Å². The number of rotatable bonds is 12. The average Bonchev–Trinajstić information content (AvgIpc) is 3.17. The lowest BCUT2D eigenvalue weighted by atomic mass is 9.82. The molecule has 37 heavy (non-hydrogen) atoms. The topological polar surface area (TPSA) is 55.1 Å². The number of halogens is 1. The fourth-order valence-electron chi connectivity index (χ4n) is 4.83. The summed E-state index contributed by atoms with van der Waals surface area (Å²) in [6, 6.07) is 5.36. The summed E-state index contributed by atoms with van der Waals surface area (Å²) in [7, 11) is 4.12. The first-order valence-electron chi connectivity index (χ1n) is 13.5. The predicted octanol–water partition coefficient (Wildman–Crippen LogP) is 5.51. The molecule has 12 heteroatoms. The van der Waals surface area contributed by atoms with E-state index in [2.05, 4.69) is 77.7 Å². The van der Waals surface area contributed by atoms with Gasteiger partial charge in [-0.25, -0.2) is 4.98 Å². The Hall–Kier alpha value is -0.121. The normalized spacial score (nSPS) is 23.1. The maximum atomic E-state index is 6.45. The van der Waals surface area contributed by atoms with Gasteiger partial charge in [0, 0.05) is 70.6 Å². The lowest BCUT2D eigenvalue weighted by molar-refractivity contribution is 0.0942. The minimum Gasteiger partial charge on any atom is -0.361 e. The van der Waals surface area contributed by atoms with Crippen LogP contribution in [0.3, 0.4) is 0 Å². The Labute approximate surface area is 244 Å². The van der Waals surface area contributed by atoms with Gasteiger partial charge in [0.1, 0.15) is 19.3 Å². The van der Waals surface area contributed by atoms with E-state index in [9.17, 15) is 0 Å². The Bertz CT molecular complexity index is 1010. The molecule has 4 rings (SSSR count). The minimum atomic E-state index is -1.16. The van der Waals surface area contributed by atoms with Crippen molar-refractivity contribution in [2.45, 2.75) is 82.2 Å². The van der Waals surface area contributed by atoms with Gasteiger partial charge in [0.05, 0.1) is 9.77 Å². The monoisotopic (exact) mass is 671 g/mol. The number of piperidine rings is 1. The van der Waals surface area contributed by atoms with Crippen LogP contribution in [0.5, 0.6) is 0 Å². The van der Waals surface area contributed by atoms with Crippen molar-refractivity contribution in [2.75, 3.05) is 43.1 Å². The van der Waals surface area contributed by atoms with Gasteiger partial charge in [0.15, 0.2) is 13.6 Å². The third-order valence-electron chi connectivity index (χ3n) is 7.24. The van der Waals surface area contributed by atoms with Gasteiger partial charge in [-0.3, -0.25) is 0 Å². The van der Waals surface area contributed by atoms with Crippen molar-refractivity contribution in [3.8, 4) is 0 Å².